The lowest BCUT2D eigenvalue weighted by atomic mass is 9.78. The molecule has 0 heterocycles. The van der Waals surface area contributed by atoms with Crippen LogP contribution in [0.5, 0.6) is 0 Å². The van der Waals surface area contributed by atoms with Gasteiger partial charge in [-0.15, -0.1) is 18.5 Å². The fraction of sp³-hybridized carbons (Fsp3) is 0.0435. The van der Waals surface area contributed by atoms with Gasteiger partial charge in [0, 0.05) is 0 Å². The van der Waals surface area contributed by atoms with Crippen molar-refractivity contribution in [3.05, 3.63) is 228 Å². The highest BCUT2D eigenvalue weighted by molar-refractivity contribution is 7.19. The Morgan fingerprint density at radius 3 is 0.833 bits per heavy atom. The molecule has 0 N–H and O–H groups in total. The van der Waals surface area contributed by atoms with E-state index < -0.39 is 10.3 Å². The molecule has 0 aromatic heterocycles. The maximum atomic E-state index is 3.28. The van der Waals surface area contributed by atoms with E-state index in [-0.39, 0.29) is 0 Å². The lowest BCUT2D eigenvalue weighted by Crippen LogP contribution is -2.22. The molecular formula is C46H36P2. The van der Waals surface area contributed by atoms with Crippen LogP contribution in [0.15, 0.2) is 194 Å². The fourth-order valence-electron chi connectivity index (χ4n) is 7.55. The summed E-state index contributed by atoms with van der Waals surface area (Å²) in [5, 5.41) is 4.04. The van der Waals surface area contributed by atoms with Gasteiger partial charge in [-0.05, 0) is 66.1 Å². The van der Waals surface area contributed by atoms with Gasteiger partial charge in [-0.1, -0.05) is 194 Å². The van der Waals surface area contributed by atoms with E-state index in [1.165, 1.54) is 66.1 Å². The van der Waals surface area contributed by atoms with Crippen molar-refractivity contribution < 1.29 is 0 Å². The molecule has 0 amide bonds. The first-order valence-corrected chi connectivity index (χ1v) is 17.6. The van der Waals surface area contributed by atoms with Gasteiger partial charge in [-0.25, -0.2) is 0 Å². The first-order chi connectivity index (χ1) is 23.6. The Balaban J connectivity index is 1.48. The van der Waals surface area contributed by atoms with Crippen LogP contribution in [0.2, 0.25) is 0 Å². The standard InChI is InChI=1S/C46H36P2/c47-45(35-21-5-1-6-22-35,36-23-7-2-8-24-36)41-31-15-19-33-17-13-29-39(43(33)41)40-30-14-18-34-20-16-32-42(44(34)40)46(48,37-25-9-3-10-26-37)38-27-11-4-12-28-38/h1-32H,47-48H2. The molecule has 8 rings (SSSR count). The summed E-state index contributed by atoms with van der Waals surface area (Å²) in [4.78, 5) is 0. The summed E-state index contributed by atoms with van der Waals surface area (Å²) in [5.74, 6) is 0. The first-order valence-electron chi connectivity index (χ1n) is 16.4. The van der Waals surface area contributed by atoms with Gasteiger partial charge >= 0.3 is 0 Å². The van der Waals surface area contributed by atoms with E-state index in [1.54, 1.807) is 0 Å². The molecular weight excluding hydrogens is 614 g/mol. The van der Waals surface area contributed by atoms with Crippen LogP contribution >= 0.6 is 18.5 Å². The molecule has 0 aliphatic carbocycles. The average molecular weight is 651 g/mol. The summed E-state index contributed by atoms with van der Waals surface area (Å²) in [6, 6.07) is 70.7. The van der Waals surface area contributed by atoms with E-state index in [2.05, 4.69) is 213 Å². The van der Waals surface area contributed by atoms with Gasteiger partial charge in [-0.3, -0.25) is 0 Å². The Morgan fingerprint density at radius 2 is 0.542 bits per heavy atom. The molecule has 2 heteroatoms. The van der Waals surface area contributed by atoms with E-state index in [9.17, 15) is 0 Å². The van der Waals surface area contributed by atoms with Crippen molar-refractivity contribution >= 4 is 40.0 Å². The van der Waals surface area contributed by atoms with Crippen molar-refractivity contribution in [3.8, 4) is 11.1 Å². The van der Waals surface area contributed by atoms with Crippen molar-refractivity contribution in [1.82, 2.24) is 0 Å². The number of rotatable bonds is 7. The molecule has 8 aromatic carbocycles. The summed E-state index contributed by atoms with van der Waals surface area (Å²) in [5.41, 5.74) is 9.92. The van der Waals surface area contributed by atoms with E-state index in [4.69, 9.17) is 0 Å². The molecule has 2 atom stereocenters. The zero-order chi connectivity index (χ0) is 32.6. The molecule has 0 radical (unpaired) electrons. The van der Waals surface area contributed by atoms with Crippen LogP contribution in [0.25, 0.3) is 32.7 Å². The van der Waals surface area contributed by atoms with Crippen LogP contribution in [0.1, 0.15) is 33.4 Å². The van der Waals surface area contributed by atoms with Crippen LogP contribution in [0.3, 0.4) is 0 Å². The van der Waals surface area contributed by atoms with Crippen LogP contribution in [-0.4, -0.2) is 0 Å². The van der Waals surface area contributed by atoms with E-state index in [1.807, 2.05) is 0 Å². The number of hydrogen-bond acceptors (Lipinski definition) is 0. The second-order valence-corrected chi connectivity index (χ2v) is 14.2. The third-order valence-corrected chi connectivity index (χ3v) is 11.8. The molecule has 48 heavy (non-hydrogen) atoms. The van der Waals surface area contributed by atoms with Gasteiger partial charge in [0.2, 0.25) is 0 Å². The predicted octanol–water partition coefficient (Wildman–Crippen LogP) is 12.0. The van der Waals surface area contributed by atoms with E-state index in [0.29, 0.717) is 0 Å². The molecule has 0 aliphatic rings. The topological polar surface area (TPSA) is 0 Å². The molecule has 0 spiro atoms. The van der Waals surface area contributed by atoms with Crippen LogP contribution in [0.4, 0.5) is 0 Å². The minimum Gasteiger partial charge on any atom is -0.117 e. The minimum atomic E-state index is -0.468. The summed E-state index contributed by atoms with van der Waals surface area (Å²) in [7, 11) is 6.55. The Morgan fingerprint density at radius 1 is 0.271 bits per heavy atom. The van der Waals surface area contributed by atoms with Crippen molar-refractivity contribution in [3.63, 3.8) is 0 Å². The fourth-order valence-corrected chi connectivity index (χ4v) is 8.80. The lowest BCUT2D eigenvalue weighted by Gasteiger charge is -2.34. The summed E-state index contributed by atoms with van der Waals surface area (Å²) < 4.78 is 0. The van der Waals surface area contributed by atoms with Crippen LogP contribution in [-0.2, 0) is 10.3 Å². The Bertz CT molecular complexity index is 2090. The first kappa shape index (κ1) is 30.5. The molecule has 0 aliphatic heterocycles. The molecule has 0 bridgehead atoms. The largest absolute Gasteiger partial charge is 0.117 e. The smallest absolute Gasteiger partial charge is 0.0597 e. The van der Waals surface area contributed by atoms with Gasteiger partial charge < -0.3 is 0 Å². The van der Waals surface area contributed by atoms with Gasteiger partial charge in [0.1, 0.15) is 0 Å². The SMILES string of the molecule is PC(c1ccccc1)(c1ccccc1)c1cccc2cccc(-c3cccc4cccc(C(P)(c5ccccc5)c5ccccc5)c34)c12. The van der Waals surface area contributed by atoms with Crippen molar-refractivity contribution in [2.45, 2.75) is 10.3 Å². The number of hydrogen-bond donors (Lipinski definition) is 0. The molecule has 0 nitrogen and oxygen atoms in total. The second-order valence-electron chi connectivity index (χ2n) is 12.5. The Kier molecular flexibility index (Phi) is 8.02. The summed E-state index contributed by atoms with van der Waals surface area (Å²) in [6.07, 6.45) is 0. The van der Waals surface area contributed by atoms with Gasteiger partial charge in [0.25, 0.3) is 0 Å². The maximum Gasteiger partial charge on any atom is 0.0597 e. The predicted molar refractivity (Wildman–Crippen MR) is 212 cm³/mol. The Labute approximate surface area is 287 Å². The maximum absolute atomic E-state index is 3.28. The third-order valence-electron chi connectivity index (χ3n) is 9.87. The van der Waals surface area contributed by atoms with Crippen molar-refractivity contribution in [1.29, 1.82) is 0 Å². The quantitative estimate of drug-likeness (QED) is 0.119. The third kappa shape index (κ3) is 5.00. The summed E-state index contributed by atoms with van der Waals surface area (Å²) >= 11 is 0. The van der Waals surface area contributed by atoms with E-state index in [0.717, 1.165) is 0 Å². The lowest BCUT2D eigenvalue weighted by molar-refractivity contribution is 0.906. The van der Waals surface area contributed by atoms with Crippen LogP contribution in [0, 0.1) is 0 Å². The average Bonchev–Trinajstić information content (AvgIpc) is 3.17. The monoisotopic (exact) mass is 650 g/mol. The number of benzene rings is 8. The molecule has 0 saturated heterocycles. The molecule has 0 saturated carbocycles. The highest BCUT2D eigenvalue weighted by atomic mass is 31.0. The Hall–Kier alpha value is -4.86. The van der Waals surface area contributed by atoms with E-state index >= 15 is 0 Å². The normalized spacial score (nSPS) is 12.0. The van der Waals surface area contributed by atoms with Crippen molar-refractivity contribution in [2.75, 3.05) is 0 Å². The molecule has 230 valence electrons. The zero-order valence-electron chi connectivity index (χ0n) is 26.6. The van der Waals surface area contributed by atoms with Gasteiger partial charge in [0.05, 0.1) is 10.3 Å². The molecule has 2 unspecified atom stereocenters. The second kappa shape index (κ2) is 12.6. The summed E-state index contributed by atoms with van der Waals surface area (Å²) in [6.45, 7) is 0. The highest BCUT2D eigenvalue weighted by Gasteiger charge is 2.35. The minimum absolute atomic E-state index is 0.468. The number of fused-ring (bicyclic) bond motifs is 2. The van der Waals surface area contributed by atoms with Crippen LogP contribution < -0.4 is 0 Å². The van der Waals surface area contributed by atoms with Gasteiger partial charge in [0.15, 0.2) is 0 Å². The highest BCUT2D eigenvalue weighted by Crippen LogP contribution is 2.52. The molecule has 8 aromatic rings. The van der Waals surface area contributed by atoms with Gasteiger partial charge in [-0.2, -0.15) is 0 Å². The zero-order valence-corrected chi connectivity index (χ0v) is 28.9. The molecule has 0 fully saturated rings. The van der Waals surface area contributed by atoms with Crippen molar-refractivity contribution in [2.24, 2.45) is 0 Å².